The number of carbonyl (C=O) groups excluding carboxylic acids is 1. The first kappa shape index (κ1) is 12.6. The van der Waals surface area contributed by atoms with Gasteiger partial charge in [-0.05, 0) is 18.9 Å². The van der Waals surface area contributed by atoms with Crippen molar-refractivity contribution < 1.29 is 4.79 Å². The van der Waals surface area contributed by atoms with Gasteiger partial charge in [0.05, 0.1) is 0 Å². The number of carbonyl (C=O) groups is 1. The second-order valence-electron chi connectivity index (χ2n) is 3.72. The Morgan fingerprint density at radius 2 is 1.94 bits per heavy atom. The molecule has 0 heterocycles. The van der Waals surface area contributed by atoms with Crippen molar-refractivity contribution in [2.75, 3.05) is 13.1 Å². The highest BCUT2D eigenvalue weighted by Crippen LogP contribution is 1.98. The number of nitrogens with one attached hydrogen (secondary N) is 1. The molecule has 3 heteroatoms. The monoisotopic (exact) mass is 220 g/mol. The summed E-state index contributed by atoms with van der Waals surface area (Å²) in [5, 5.41) is 2.92. The smallest absolute Gasteiger partial charge is 0.317 e. The maximum Gasteiger partial charge on any atom is 0.317 e. The van der Waals surface area contributed by atoms with Crippen molar-refractivity contribution in [1.29, 1.82) is 0 Å². The van der Waals surface area contributed by atoms with E-state index in [2.05, 4.69) is 12.2 Å². The van der Waals surface area contributed by atoms with Gasteiger partial charge in [-0.25, -0.2) is 4.79 Å². The Kier molecular flexibility index (Phi) is 5.40. The van der Waals surface area contributed by atoms with E-state index in [-0.39, 0.29) is 6.03 Å². The molecule has 1 N–H and O–H groups in total. The van der Waals surface area contributed by atoms with Crippen LogP contribution in [0.2, 0.25) is 0 Å². The van der Waals surface area contributed by atoms with Crippen molar-refractivity contribution in [2.45, 2.75) is 26.8 Å². The predicted molar refractivity (Wildman–Crippen MR) is 66.2 cm³/mol. The lowest BCUT2D eigenvalue weighted by Gasteiger charge is -2.20. The molecule has 0 aliphatic heterocycles. The first-order chi connectivity index (χ1) is 7.77. The second kappa shape index (κ2) is 6.88. The molecule has 3 nitrogen and oxygen atoms in total. The molecule has 0 spiro atoms. The van der Waals surface area contributed by atoms with Crippen LogP contribution in [0.15, 0.2) is 30.3 Å². The Bertz CT molecular complexity index is 311. The second-order valence-corrected chi connectivity index (χ2v) is 3.72. The van der Waals surface area contributed by atoms with Crippen LogP contribution < -0.4 is 5.32 Å². The molecule has 0 bridgehead atoms. The van der Waals surface area contributed by atoms with Crippen molar-refractivity contribution in [3.05, 3.63) is 35.9 Å². The summed E-state index contributed by atoms with van der Waals surface area (Å²) in [6.45, 7) is 6.25. The van der Waals surface area contributed by atoms with E-state index in [1.54, 1.807) is 0 Å². The quantitative estimate of drug-likeness (QED) is 0.813. The molecule has 0 aliphatic rings. The number of rotatable bonds is 5. The normalized spacial score (nSPS) is 9.88. The maximum absolute atomic E-state index is 11.8. The fourth-order valence-corrected chi connectivity index (χ4v) is 1.56. The standard InChI is InChI=1S/C13H20N2O/c1-3-10-15(4-2)13(16)14-11-12-8-6-5-7-9-12/h5-9H,3-4,10-11H2,1-2H3,(H,14,16). The van der Waals surface area contributed by atoms with Crippen molar-refractivity contribution in [1.82, 2.24) is 10.2 Å². The van der Waals surface area contributed by atoms with E-state index in [1.165, 1.54) is 0 Å². The summed E-state index contributed by atoms with van der Waals surface area (Å²) < 4.78 is 0. The fraction of sp³-hybridized carbons (Fsp3) is 0.462. The van der Waals surface area contributed by atoms with Crippen LogP contribution in [0.3, 0.4) is 0 Å². The van der Waals surface area contributed by atoms with Gasteiger partial charge in [0.15, 0.2) is 0 Å². The number of nitrogens with zero attached hydrogens (tertiary/aromatic N) is 1. The molecule has 0 radical (unpaired) electrons. The molecule has 0 aromatic heterocycles. The van der Waals surface area contributed by atoms with Gasteiger partial charge in [-0.2, -0.15) is 0 Å². The third-order valence-corrected chi connectivity index (χ3v) is 2.45. The van der Waals surface area contributed by atoms with Crippen LogP contribution in [-0.2, 0) is 6.54 Å². The van der Waals surface area contributed by atoms with E-state index >= 15 is 0 Å². The average molecular weight is 220 g/mol. The van der Waals surface area contributed by atoms with E-state index in [1.807, 2.05) is 42.2 Å². The van der Waals surface area contributed by atoms with E-state index in [9.17, 15) is 4.79 Å². The molecular formula is C13H20N2O. The lowest BCUT2D eigenvalue weighted by molar-refractivity contribution is 0.200. The molecule has 16 heavy (non-hydrogen) atoms. The lowest BCUT2D eigenvalue weighted by Crippen LogP contribution is -2.39. The van der Waals surface area contributed by atoms with Gasteiger partial charge >= 0.3 is 6.03 Å². The zero-order valence-electron chi connectivity index (χ0n) is 10.1. The number of hydrogen-bond acceptors (Lipinski definition) is 1. The molecule has 0 saturated carbocycles. The zero-order valence-corrected chi connectivity index (χ0v) is 10.1. The van der Waals surface area contributed by atoms with Gasteiger partial charge in [-0.15, -0.1) is 0 Å². The number of hydrogen-bond donors (Lipinski definition) is 1. The molecule has 0 atom stereocenters. The highest BCUT2D eigenvalue weighted by molar-refractivity contribution is 5.74. The van der Waals surface area contributed by atoms with Gasteiger partial charge < -0.3 is 10.2 Å². The Morgan fingerprint density at radius 3 is 2.50 bits per heavy atom. The van der Waals surface area contributed by atoms with Gasteiger partial charge in [0, 0.05) is 19.6 Å². The van der Waals surface area contributed by atoms with Crippen LogP contribution in [0.25, 0.3) is 0 Å². The molecule has 0 fully saturated rings. The highest BCUT2D eigenvalue weighted by atomic mass is 16.2. The molecule has 0 saturated heterocycles. The summed E-state index contributed by atoms with van der Waals surface area (Å²) in [5.41, 5.74) is 1.13. The number of urea groups is 1. The van der Waals surface area contributed by atoms with Gasteiger partial charge in [-0.1, -0.05) is 37.3 Å². The Labute approximate surface area is 97.5 Å². The first-order valence-electron chi connectivity index (χ1n) is 5.84. The minimum Gasteiger partial charge on any atom is -0.334 e. The Balaban J connectivity index is 2.40. The molecule has 1 aromatic carbocycles. The van der Waals surface area contributed by atoms with Crippen molar-refractivity contribution in [3.8, 4) is 0 Å². The summed E-state index contributed by atoms with van der Waals surface area (Å²) in [6, 6.07) is 9.97. The van der Waals surface area contributed by atoms with E-state index < -0.39 is 0 Å². The average Bonchev–Trinajstić information content (AvgIpc) is 2.34. The van der Waals surface area contributed by atoms with Crippen LogP contribution >= 0.6 is 0 Å². The van der Waals surface area contributed by atoms with Crippen molar-refractivity contribution in [2.24, 2.45) is 0 Å². The minimum absolute atomic E-state index is 0.0215. The third kappa shape index (κ3) is 3.93. The van der Waals surface area contributed by atoms with E-state index in [0.717, 1.165) is 25.1 Å². The minimum atomic E-state index is 0.0215. The molecule has 1 aromatic rings. The van der Waals surface area contributed by atoms with E-state index in [4.69, 9.17) is 0 Å². The first-order valence-corrected chi connectivity index (χ1v) is 5.84. The summed E-state index contributed by atoms with van der Waals surface area (Å²) in [7, 11) is 0. The maximum atomic E-state index is 11.8. The predicted octanol–water partition coefficient (Wildman–Crippen LogP) is 2.63. The van der Waals surface area contributed by atoms with Crippen LogP contribution in [0.4, 0.5) is 4.79 Å². The summed E-state index contributed by atoms with van der Waals surface area (Å²) >= 11 is 0. The van der Waals surface area contributed by atoms with Crippen molar-refractivity contribution >= 4 is 6.03 Å². The highest BCUT2D eigenvalue weighted by Gasteiger charge is 2.08. The van der Waals surface area contributed by atoms with Gasteiger partial charge in [-0.3, -0.25) is 0 Å². The number of amides is 2. The fourth-order valence-electron chi connectivity index (χ4n) is 1.56. The SMILES string of the molecule is CCCN(CC)C(=O)NCc1ccccc1. The van der Waals surface area contributed by atoms with E-state index in [0.29, 0.717) is 6.54 Å². The molecular weight excluding hydrogens is 200 g/mol. The molecule has 2 amide bonds. The molecule has 0 unspecified atom stereocenters. The summed E-state index contributed by atoms with van der Waals surface area (Å²) in [6.07, 6.45) is 0.993. The topological polar surface area (TPSA) is 32.3 Å². The van der Waals surface area contributed by atoms with Gasteiger partial charge in [0.25, 0.3) is 0 Å². The Hall–Kier alpha value is -1.51. The van der Waals surface area contributed by atoms with Crippen LogP contribution in [0.1, 0.15) is 25.8 Å². The Morgan fingerprint density at radius 1 is 1.25 bits per heavy atom. The zero-order chi connectivity index (χ0) is 11.8. The van der Waals surface area contributed by atoms with Crippen LogP contribution in [0, 0.1) is 0 Å². The van der Waals surface area contributed by atoms with Gasteiger partial charge in [0.2, 0.25) is 0 Å². The van der Waals surface area contributed by atoms with Crippen LogP contribution in [-0.4, -0.2) is 24.0 Å². The largest absolute Gasteiger partial charge is 0.334 e. The molecule has 88 valence electrons. The lowest BCUT2D eigenvalue weighted by atomic mass is 10.2. The molecule has 1 rings (SSSR count). The third-order valence-electron chi connectivity index (χ3n) is 2.45. The van der Waals surface area contributed by atoms with Crippen LogP contribution in [0.5, 0.6) is 0 Å². The van der Waals surface area contributed by atoms with Gasteiger partial charge in [0.1, 0.15) is 0 Å². The summed E-state index contributed by atoms with van der Waals surface area (Å²) in [5.74, 6) is 0. The van der Waals surface area contributed by atoms with Crippen molar-refractivity contribution in [3.63, 3.8) is 0 Å². The number of benzene rings is 1. The molecule has 0 aliphatic carbocycles. The summed E-state index contributed by atoms with van der Waals surface area (Å²) in [4.78, 5) is 13.6.